The van der Waals surface area contributed by atoms with E-state index in [0.29, 0.717) is 17.9 Å². The number of nitrogens with zero attached hydrogens (tertiary/aromatic N) is 3. The predicted molar refractivity (Wildman–Crippen MR) is 72.3 cm³/mol. The minimum absolute atomic E-state index is 0.221. The second-order valence-corrected chi connectivity index (χ2v) is 11.1. The molecule has 0 atom stereocenters. The van der Waals surface area contributed by atoms with Crippen molar-refractivity contribution in [3.63, 3.8) is 0 Å². The Kier molecular flexibility index (Phi) is 3.62. The molecular weight excluding hydrogens is 248 g/mol. The molecule has 0 aliphatic heterocycles. The normalized spacial score (nSPS) is 12.2. The van der Waals surface area contributed by atoms with Crippen molar-refractivity contribution in [2.45, 2.75) is 32.4 Å². The third-order valence-electron chi connectivity index (χ3n) is 2.63. The van der Waals surface area contributed by atoms with E-state index in [2.05, 4.69) is 34.6 Å². The van der Waals surface area contributed by atoms with Crippen molar-refractivity contribution in [3.05, 3.63) is 23.0 Å². The summed E-state index contributed by atoms with van der Waals surface area (Å²) in [5.41, 5.74) is 0.693. The van der Waals surface area contributed by atoms with Crippen LogP contribution in [0.2, 0.25) is 25.7 Å². The molecule has 2 heterocycles. The Morgan fingerprint density at radius 1 is 1.39 bits per heavy atom. The van der Waals surface area contributed by atoms with E-state index in [-0.39, 0.29) is 5.56 Å². The highest BCUT2D eigenvalue weighted by Crippen LogP contribution is 2.09. The molecule has 7 heteroatoms. The summed E-state index contributed by atoms with van der Waals surface area (Å²) in [6.07, 6.45) is 2.96. The first kappa shape index (κ1) is 13.0. The van der Waals surface area contributed by atoms with Gasteiger partial charge in [-0.1, -0.05) is 19.6 Å². The van der Waals surface area contributed by atoms with Gasteiger partial charge in [-0.25, -0.2) is 9.97 Å². The Balaban J connectivity index is 2.01. The van der Waals surface area contributed by atoms with Crippen LogP contribution in [0.3, 0.4) is 0 Å². The van der Waals surface area contributed by atoms with Crippen molar-refractivity contribution in [1.29, 1.82) is 0 Å². The fourth-order valence-electron chi connectivity index (χ4n) is 1.53. The molecule has 0 radical (unpaired) electrons. The van der Waals surface area contributed by atoms with Crippen molar-refractivity contribution in [2.75, 3.05) is 6.61 Å². The number of nitrogens with one attached hydrogen (secondary N) is 1. The summed E-state index contributed by atoms with van der Waals surface area (Å²) >= 11 is 0. The SMILES string of the molecule is C[Si](C)(C)CCOCn1cnc2c(=O)[nH]cnc21. The molecular formula is C11H18N4O2Si. The van der Waals surface area contributed by atoms with Crippen LogP contribution in [0.1, 0.15) is 0 Å². The quantitative estimate of drug-likeness (QED) is 0.656. The molecule has 18 heavy (non-hydrogen) atoms. The highest BCUT2D eigenvalue weighted by molar-refractivity contribution is 6.76. The van der Waals surface area contributed by atoms with Gasteiger partial charge in [0, 0.05) is 14.7 Å². The Morgan fingerprint density at radius 2 is 2.17 bits per heavy atom. The van der Waals surface area contributed by atoms with E-state index >= 15 is 0 Å². The summed E-state index contributed by atoms with van der Waals surface area (Å²) in [5, 5.41) is 0. The number of aromatic nitrogens is 4. The lowest BCUT2D eigenvalue weighted by molar-refractivity contribution is 0.0895. The van der Waals surface area contributed by atoms with Crippen LogP contribution in [0.5, 0.6) is 0 Å². The number of H-pyrrole nitrogens is 1. The molecule has 2 aromatic rings. The molecule has 0 aliphatic carbocycles. The van der Waals surface area contributed by atoms with Crippen LogP contribution in [-0.4, -0.2) is 34.2 Å². The third kappa shape index (κ3) is 3.05. The van der Waals surface area contributed by atoms with Crippen LogP contribution in [0.25, 0.3) is 11.2 Å². The van der Waals surface area contributed by atoms with Crippen molar-refractivity contribution in [2.24, 2.45) is 0 Å². The number of imidazole rings is 1. The Bertz CT molecular complexity index is 584. The van der Waals surface area contributed by atoms with E-state index in [1.165, 1.54) is 6.33 Å². The smallest absolute Gasteiger partial charge is 0.278 e. The van der Waals surface area contributed by atoms with Crippen LogP contribution >= 0.6 is 0 Å². The highest BCUT2D eigenvalue weighted by atomic mass is 28.3. The molecule has 0 unspecified atom stereocenters. The van der Waals surface area contributed by atoms with Gasteiger partial charge >= 0.3 is 0 Å². The topological polar surface area (TPSA) is 72.8 Å². The molecule has 0 aromatic carbocycles. The van der Waals surface area contributed by atoms with Gasteiger partial charge in [0.15, 0.2) is 11.2 Å². The molecule has 6 nitrogen and oxygen atoms in total. The fraction of sp³-hybridized carbons (Fsp3) is 0.545. The predicted octanol–water partition coefficient (Wildman–Crippen LogP) is 1.43. The maximum absolute atomic E-state index is 11.4. The second kappa shape index (κ2) is 5.03. The molecule has 98 valence electrons. The molecule has 2 aromatic heterocycles. The Labute approximate surface area is 106 Å². The molecule has 2 rings (SSSR count). The molecule has 1 N–H and O–H groups in total. The van der Waals surface area contributed by atoms with Crippen LogP contribution in [0.4, 0.5) is 0 Å². The zero-order valence-electron chi connectivity index (χ0n) is 10.9. The van der Waals surface area contributed by atoms with Gasteiger partial charge in [-0.15, -0.1) is 0 Å². The zero-order valence-corrected chi connectivity index (χ0v) is 11.9. The molecule has 0 bridgehead atoms. The van der Waals surface area contributed by atoms with Gasteiger partial charge in [-0.2, -0.15) is 0 Å². The van der Waals surface area contributed by atoms with Crippen molar-refractivity contribution in [3.8, 4) is 0 Å². The van der Waals surface area contributed by atoms with Crippen LogP contribution < -0.4 is 5.56 Å². The van der Waals surface area contributed by atoms with Crippen LogP contribution in [0.15, 0.2) is 17.4 Å². The lowest BCUT2D eigenvalue weighted by Gasteiger charge is -2.15. The second-order valence-electron chi connectivity index (χ2n) is 5.47. The standard InChI is InChI=1S/C11H18N4O2Si/c1-18(2,3)5-4-17-8-15-7-14-9-10(15)12-6-13-11(9)16/h6-7H,4-5,8H2,1-3H3,(H,12,13,16). The number of hydrogen-bond donors (Lipinski definition) is 1. The molecule has 0 amide bonds. The average Bonchev–Trinajstić information content (AvgIpc) is 2.68. The number of hydrogen-bond acceptors (Lipinski definition) is 4. The minimum Gasteiger partial charge on any atom is -0.361 e. The average molecular weight is 266 g/mol. The fourth-order valence-corrected chi connectivity index (χ4v) is 2.28. The van der Waals surface area contributed by atoms with Gasteiger partial charge in [0.25, 0.3) is 5.56 Å². The largest absolute Gasteiger partial charge is 0.361 e. The van der Waals surface area contributed by atoms with Crippen molar-refractivity contribution >= 4 is 19.2 Å². The monoisotopic (exact) mass is 266 g/mol. The van der Waals surface area contributed by atoms with Crippen LogP contribution in [-0.2, 0) is 11.5 Å². The first-order valence-electron chi connectivity index (χ1n) is 5.94. The van der Waals surface area contributed by atoms with Gasteiger partial charge < -0.3 is 9.72 Å². The number of ether oxygens (including phenoxy) is 1. The Morgan fingerprint density at radius 3 is 2.89 bits per heavy atom. The summed E-state index contributed by atoms with van der Waals surface area (Å²) in [7, 11) is -1.06. The summed E-state index contributed by atoms with van der Waals surface area (Å²) in [6.45, 7) is 8.05. The van der Waals surface area contributed by atoms with Gasteiger partial charge in [0.1, 0.15) is 6.73 Å². The molecule has 0 spiro atoms. The number of rotatable bonds is 5. The minimum atomic E-state index is -1.06. The van der Waals surface area contributed by atoms with Gasteiger partial charge in [0.05, 0.1) is 12.7 Å². The summed E-state index contributed by atoms with van der Waals surface area (Å²) in [6, 6.07) is 1.12. The highest BCUT2D eigenvalue weighted by Gasteiger charge is 2.12. The maximum Gasteiger partial charge on any atom is 0.278 e. The zero-order chi connectivity index (χ0) is 13.2. The molecule has 0 saturated heterocycles. The number of aromatic amines is 1. The van der Waals surface area contributed by atoms with E-state index < -0.39 is 8.07 Å². The van der Waals surface area contributed by atoms with E-state index in [9.17, 15) is 4.79 Å². The van der Waals surface area contributed by atoms with E-state index in [0.717, 1.165) is 12.7 Å². The van der Waals surface area contributed by atoms with E-state index in [4.69, 9.17) is 4.74 Å². The summed E-state index contributed by atoms with van der Waals surface area (Å²) in [4.78, 5) is 22.1. The van der Waals surface area contributed by atoms with Gasteiger partial charge in [-0.05, 0) is 6.04 Å². The number of fused-ring (bicyclic) bond motifs is 1. The third-order valence-corrected chi connectivity index (χ3v) is 4.34. The molecule has 0 aliphatic rings. The van der Waals surface area contributed by atoms with E-state index in [1.54, 1.807) is 10.9 Å². The lowest BCUT2D eigenvalue weighted by atomic mass is 10.5. The first-order chi connectivity index (χ1) is 8.47. The summed E-state index contributed by atoms with van der Waals surface area (Å²) in [5.74, 6) is 0. The van der Waals surface area contributed by atoms with Gasteiger partial charge in [-0.3, -0.25) is 9.36 Å². The summed E-state index contributed by atoms with van der Waals surface area (Å²) < 4.78 is 7.35. The molecule has 0 fully saturated rings. The lowest BCUT2D eigenvalue weighted by Crippen LogP contribution is -2.22. The van der Waals surface area contributed by atoms with Gasteiger partial charge in [0.2, 0.25) is 0 Å². The van der Waals surface area contributed by atoms with Crippen molar-refractivity contribution in [1.82, 2.24) is 19.5 Å². The van der Waals surface area contributed by atoms with E-state index in [1.807, 2.05) is 0 Å². The van der Waals surface area contributed by atoms with Crippen molar-refractivity contribution < 1.29 is 4.74 Å². The maximum atomic E-state index is 11.4. The Hall–Kier alpha value is -1.47. The first-order valence-corrected chi connectivity index (χ1v) is 9.64. The molecule has 0 saturated carbocycles. The van der Waals surface area contributed by atoms with Crippen LogP contribution in [0, 0.1) is 0 Å².